The summed E-state index contributed by atoms with van der Waals surface area (Å²) in [4.78, 5) is 10.5. The highest BCUT2D eigenvalue weighted by atomic mass is 19.3. The van der Waals surface area contributed by atoms with Gasteiger partial charge in [-0.25, -0.2) is 0 Å². The molecule has 0 saturated heterocycles. The lowest BCUT2D eigenvalue weighted by atomic mass is 10.1. The minimum absolute atomic E-state index is 0.0443. The van der Waals surface area contributed by atoms with Crippen LogP contribution in [-0.4, -0.2) is 24.3 Å². The van der Waals surface area contributed by atoms with E-state index in [-0.39, 0.29) is 18.6 Å². The van der Waals surface area contributed by atoms with Crippen LogP contribution in [0.1, 0.15) is 18.9 Å². The van der Waals surface area contributed by atoms with Crippen LogP contribution in [-0.2, 0) is 11.2 Å². The number of hydrogen-bond donors (Lipinski definition) is 1. The Labute approximate surface area is 103 Å². The molecule has 100 valence electrons. The molecule has 0 radical (unpaired) electrons. The van der Waals surface area contributed by atoms with Crippen LogP contribution in [0.3, 0.4) is 0 Å². The molecule has 0 aliphatic carbocycles. The summed E-state index contributed by atoms with van der Waals surface area (Å²) < 4.78 is 34.1. The number of carboxylic acid groups (broad SMARTS) is 1. The van der Waals surface area contributed by atoms with Crippen molar-refractivity contribution in [1.29, 1.82) is 0 Å². The smallest absolute Gasteiger partial charge is 0.387 e. The van der Waals surface area contributed by atoms with E-state index in [1.54, 1.807) is 13.0 Å². The van der Waals surface area contributed by atoms with E-state index in [0.29, 0.717) is 17.9 Å². The van der Waals surface area contributed by atoms with E-state index in [9.17, 15) is 13.6 Å². The third kappa shape index (κ3) is 4.20. The minimum atomic E-state index is -2.95. The van der Waals surface area contributed by atoms with Gasteiger partial charge < -0.3 is 14.6 Å². The molecule has 0 unspecified atom stereocenters. The number of benzene rings is 1. The average Bonchev–Trinajstić information content (AvgIpc) is 2.27. The molecule has 0 aromatic heterocycles. The molecule has 6 heteroatoms. The van der Waals surface area contributed by atoms with Gasteiger partial charge in [-0.2, -0.15) is 8.78 Å². The molecule has 4 nitrogen and oxygen atoms in total. The number of aliphatic carboxylic acids is 1. The van der Waals surface area contributed by atoms with Crippen LogP contribution < -0.4 is 9.47 Å². The zero-order chi connectivity index (χ0) is 13.5. The van der Waals surface area contributed by atoms with Gasteiger partial charge in [-0.15, -0.1) is 0 Å². The molecule has 0 amide bonds. The summed E-state index contributed by atoms with van der Waals surface area (Å²) in [5, 5.41) is 8.64. The summed E-state index contributed by atoms with van der Waals surface area (Å²) in [5.41, 5.74) is 0.349. The van der Waals surface area contributed by atoms with Gasteiger partial charge in [0.05, 0.1) is 6.61 Å². The van der Waals surface area contributed by atoms with Crippen molar-refractivity contribution in [3.05, 3.63) is 23.8 Å². The largest absolute Gasteiger partial charge is 0.493 e. The highest BCUT2D eigenvalue weighted by molar-refractivity contribution is 5.67. The van der Waals surface area contributed by atoms with Gasteiger partial charge in [0.1, 0.15) is 11.5 Å². The molecule has 18 heavy (non-hydrogen) atoms. The molecule has 0 heterocycles. The standard InChI is InChI=1S/C12H14F2O4/c1-2-17-9-4-3-5-10(18-12(13)14)8(9)6-7-11(15)16/h3-5,12H,2,6-7H2,1H3,(H,15,16). The van der Waals surface area contributed by atoms with Crippen molar-refractivity contribution in [2.24, 2.45) is 0 Å². The molecule has 0 saturated carbocycles. The number of halogens is 2. The van der Waals surface area contributed by atoms with Gasteiger partial charge in [-0.1, -0.05) is 6.07 Å². The first-order chi connectivity index (χ1) is 8.54. The van der Waals surface area contributed by atoms with E-state index in [1.807, 2.05) is 0 Å². The van der Waals surface area contributed by atoms with Crippen molar-refractivity contribution in [3.63, 3.8) is 0 Å². The number of ether oxygens (including phenoxy) is 2. The molecular formula is C12H14F2O4. The summed E-state index contributed by atoms with van der Waals surface area (Å²) in [7, 11) is 0. The average molecular weight is 260 g/mol. The SMILES string of the molecule is CCOc1cccc(OC(F)F)c1CCC(=O)O. The zero-order valence-corrected chi connectivity index (χ0v) is 9.86. The fraction of sp³-hybridized carbons (Fsp3) is 0.417. The van der Waals surface area contributed by atoms with Crippen LogP contribution in [0.15, 0.2) is 18.2 Å². The van der Waals surface area contributed by atoms with Gasteiger partial charge >= 0.3 is 12.6 Å². The van der Waals surface area contributed by atoms with Crippen molar-refractivity contribution in [3.8, 4) is 11.5 Å². The van der Waals surface area contributed by atoms with Crippen molar-refractivity contribution >= 4 is 5.97 Å². The van der Waals surface area contributed by atoms with Crippen LogP contribution in [0.2, 0.25) is 0 Å². The van der Waals surface area contributed by atoms with Crippen molar-refractivity contribution in [2.75, 3.05) is 6.61 Å². The van der Waals surface area contributed by atoms with Gasteiger partial charge in [0.15, 0.2) is 0 Å². The first-order valence-corrected chi connectivity index (χ1v) is 5.46. The fourth-order valence-electron chi connectivity index (χ4n) is 1.52. The van der Waals surface area contributed by atoms with Gasteiger partial charge in [0.2, 0.25) is 0 Å². The fourth-order valence-corrected chi connectivity index (χ4v) is 1.52. The molecule has 0 spiro atoms. The Hall–Kier alpha value is -1.85. The lowest BCUT2D eigenvalue weighted by Crippen LogP contribution is -2.08. The summed E-state index contributed by atoms with van der Waals surface area (Å²) in [6.45, 7) is -0.842. The van der Waals surface area contributed by atoms with Crippen molar-refractivity contribution in [2.45, 2.75) is 26.4 Å². The monoisotopic (exact) mass is 260 g/mol. The van der Waals surface area contributed by atoms with Crippen LogP contribution in [0.5, 0.6) is 11.5 Å². The number of hydrogen-bond acceptors (Lipinski definition) is 3. The van der Waals surface area contributed by atoms with E-state index in [0.717, 1.165) is 0 Å². The van der Waals surface area contributed by atoms with E-state index < -0.39 is 12.6 Å². The normalized spacial score (nSPS) is 10.4. The lowest BCUT2D eigenvalue weighted by molar-refractivity contribution is -0.136. The molecule has 1 aromatic carbocycles. The molecule has 0 fully saturated rings. The number of rotatable bonds is 7. The molecule has 0 aliphatic rings. The number of carboxylic acids is 1. The Morgan fingerprint density at radius 2 is 2.06 bits per heavy atom. The Balaban J connectivity index is 2.99. The second-order valence-corrected chi connectivity index (χ2v) is 3.44. The maximum Gasteiger partial charge on any atom is 0.387 e. The third-order valence-corrected chi connectivity index (χ3v) is 2.19. The first kappa shape index (κ1) is 14.2. The number of alkyl halides is 2. The van der Waals surface area contributed by atoms with E-state index in [2.05, 4.69) is 4.74 Å². The highest BCUT2D eigenvalue weighted by Gasteiger charge is 2.15. The molecule has 0 aliphatic heterocycles. The second kappa shape index (κ2) is 6.78. The summed E-state index contributed by atoms with van der Waals surface area (Å²) in [5.74, 6) is -0.682. The topological polar surface area (TPSA) is 55.8 Å². The van der Waals surface area contributed by atoms with Crippen LogP contribution in [0, 0.1) is 0 Å². The van der Waals surface area contributed by atoms with Crippen LogP contribution in [0.4, 0.5) is 8.78 Å². The van der Waals surface area contributed by atoms with E-state index in [1.165, 1.54) is 12.1 Å². The minimum Gasteiger partial charge on any atom is -0.493 e. The molecule has 0 atom stereocenters. The summed E-state index contributed by atoms with van der Waals surface area (Å²) in [6.07, 6.45) is -0.1000. The van der Waals surface area contributed by atoms with E-state index in [4.69, 9.17) is 9.84 Å². The van der Waals surface area contributed by atoms with Crippen molar-refractivity contribution in [1.82, 2.24) is 0 Å². The number of carbonyl (C=O) groups is 1. The summed E-state index contributed by atoms with van der Waals surface area (Å²) in [6, 6.07) is 4.48. The predicted molar refractivity (Wildman–Crippen MR) is 60.2 cm³/mol. The van der Waals surface area contributed by atoms with Gasteiger partial charge in [0.25, 0.3) is 0 Å². The Bertz CT molecular complexity index is 407. The molecule has 1 N–H and O–H groups in total. The molecule has 1 rings (SSSR count). The maximum absolute atomic E-state index is 12.2. The predicted octanol–water partition coefficient (Wildman–Crippen LogP) is 2.70. The zero-order valence-electron chi connectivity index (χ0n) is 9.86. The van der Waals surface area contributed by atoms with Crippen molar-refractivity contribution < 1.29 is 28.2 Å². The van der Waals surface area contributed by atoms with Gasteiger partial charge in [0, 0.05) is 12.0 Å². The molecular weight excluding hydrogens is 246 g/mol. The Morgan fingerprint density at radius 3 is 2.61 bits per heavy atom. The lowest BCUT2D eigenvalue weighted by Gasteiger charge is -2.14. The third-order valence-electron chi connectivity index (χ3n) is 2.19. The highest BCUT2D eigenvalue weighted by Crippen LogP contribution is 2.31. The molecule has 0 bridgehead atoms. The maximum atomic E-state index is 12.2. The first-order valence-electron chi connectivity index (χ1n) is 5.46. The Kier molecular flexibility index (Phi) is 5.35. The van der Waals surface area contributed by atoms with Gasteiger partial charge in [-0.3, -0.25) is 4.79 Å². The quantitative estimate of drug-likeness (QED) is 0.819. The summed E-state index contributed by atoms with van der Waals surface area (Å²) >= 11 is 0. The van der Waals surface area contributed by atoms with Gasteiger partial charge in [-0.05, 0) is 25.5 Å². The Morgan fingerprint density at radius 1 is 1.39 bits per heavy atom. The second-order valence-electron chi connectivity index (χ2n) is 3.44. The molecule has 1 aromatic rings. The van der Waals surface area contributed by atoms with Crippen LogP contribution in [0.25, 0.3) is 0 Å². The van der Waals surface area contributed by atoms with E-state index >= 15 is 0 Å². The van der Waals surface area contributed by atoms with Crippen LogP contribution >= 0.6 is 0 Å².